The molecule has 0 aromatic carbocycles. The highest BCUT2D eigenvalue weighted by Gasteiger charge is 2.50. The molecule has 3 atom stereocenters. The molecule has 2 aliphatic rings. The van der Waals surface area contributed by atoms with Crippen molar-refractivity contribution in [1.82, 2.24) is 10.2 Å². The Bertz CT molecular complexity index is 487. The second kappa shape index (κ2) is 6.07. The van der Waals surface area contributed by atoms with Crippen LogP contribution in [0.5, 0.6) is 0 Å². The number of fused-ring (bicyclic) bond motifs is 1. The number of amides is 3. The maximum atomic E-state index is 12.3. The third kappa shape index (κ3) is 2.81. The van der Waals surface area contributed by atoms with E-state index in [-0.39, 0.29) is 23.7 Å². The fraction of sp³-hybridized carbons (Fsp3) is 0.571. The highest BCUT2D eigenvalue weighted by molar-refractivity contribution is 6.08. The summed E-state index contributed by atoms with van der Waals surface area (Å²) in [4.78, 5) is 48.5. The van der Waals surface area contributed by atoms with E-state index in [0.29, 0.717) is 12.8 Å². The minimum atomic E-state index is -1.01. The lowest BCUT2D eigenvalue weighted by Crippen LogP contribution is -2.45. The highest BCUT2D eigenvalue weighted by Crippen LogP contribution is 2.36. The number of ether oxygens (including phenoxy) is 1. The van der Waals surface area contributed by atoms with Gasteiger partial charge in [0.1, 0.15) is 6.04 Å². The zero-order chi connectivity index (χ0) is 15.6. The number of hydrogen-bond donors (Lipinski definition) is 1. The smallest absolute Gasteiger partial charge is 0.329 e. The second-order valence-electron chi connectivity index (χ2n) is 5.16. The number of carbonyl (C=O) groups excluding carboxylic acids is 4. The Morgan fingerprint density at radius 1 is 1.29 bits per heavy atom. The summed E-state index contributed by atoms with van der Waals surface area (Å²) in [5.74, 6) is -2.63. The first-order chi connectivity index (χ1) is 9.97. The molecule has 1 fully saturated rings. The van der Waals surface area contributed by atoms with Crippen LogP contribution >= 0.6 is 0 Å². The van der Waals surface area contributed by atoms with E-state index in [4.69, 9.17) is 4.74 Å². The van der Waals surface area contributed by atoms with Crippen LogP contribution in [0.3, 0.4) is 0 Å². The van der Waals surface area contributed by atoms with Crippen LogP contribution in [-0.2, 0) is 23.9 Å². The molecule has 0 radical (unpaired) electrons. The van der Waals surface area contributed by atoms with Gasteiger partial charge in [0, 0.05) is 7.05 Å². The van der Waals surface area contributed by atoms with Crippen molar-refractivity contribution < 1.29 is 23.9 Å². The largest absolute Gasteiger partial charge is 0.454 e. The Morgan fingerprint density at radius 3 is 2.29 bits per heavy atom. The highest BCUT2D eigenvalue weighted by atomic mass is 16.5. The SMILES string of the molecule is CNC(=O)COC(=O)[C@H](C)N1C(=O)[C@@H]2CC=CC[C@H]2C1=O. The van der Waals surface area contributed by atoms with E-state index in [1.165, 1.54) is 14.0 Å². The van der Waals surface area contributed by atoms with Crippen LogP contribution in [0.25, 0.3) is 0 Å². The number of likely N-dealkylation sites (N-methyl/N-ethyl adjacent to an activating group) is 1. The number of likely N-dealkylation sites (tertiary alicyclic amines) is 1. The quantitative estimate of drug-likeness (QED) is 0.433. The van der Waals surface area contributed by atoms with Crippen molar-refractivity contribution in [2.45, 2.75) is 25.8 Å². The van der Waals surface area contributed by atoms with E-state index >= 15 is 0 Å². The van der Waals surface area contributed by atoms with Gasteiger partial charge in [0.25, 0.3) is 5.91 Å². The average molecular weight is 294 g/mol. The number of esters is 1. The van der Waals surface area contributed by atoms with Gasteiger partial charge in [-0.1, -0.05) is 12.2 Å². The van der Waals surface area contributed by atoms with Gasteiger partial charge in [-0.25, -0.2) is 4.79 Å². The van der Waals surface area contributed by atoms with Gasteiger partial charge in [-0.15, -0.1) is 0 Å². The minimum absolute atomic E-state index is 0.334. The molecule has 1 aliphatic carbocycles. The van der Waals surface area contributed by atoms with Crippen LogP contribution in [0.2, 0.25) is 0 Å². The van der Waals surface area contributed by atoms with Crippen molar-refractivity contribution in [1.29, 1.82) is 0 Å². The third-order valence-electron chi connectivity index (χ3n) is 3.89. The molecule has 114 valence electrons. The molecule has 0 spiro atoms. The summed E-state index contributed by atoms with van der Waals surface area (Å²) in [5, 5.41) is 2.32. The van der Waals surface area contributed by atoms with Crippen molar-refractivity contribution in [2.24, 2.45) is 11.8 Å². The van der Waals surface area contributed by atoms with E-state index in [1.807, 2.05) is 12.2 Å². The van der Waals surface area contributed by atoms with Gasteiger partial charge in [0.2, 0.25) is 11.8 Å². The number of nitrogens with zero attached hydrogens (tertiary/aromatic N) is 1. The van der Waals surface area contributed by atoms with Crippen molar-refractivity contribution in [3.63, 3.8) is 0 Å². The Labute approximate surface area is 122 Å². The van der Waals surface area contributed by atoms with Crippen LogP contribution in [0, 0.1) is 11.8 Å². The van der Waals surface area contributed by atoms with Crippen molar-refractivity contribution in [2.75, 3.05) is 13.7 Å². The Morgan fingerprint density at radius 2 is 1.81 bits per heavy atom. The number of allylic oxidation sites excluding steroid dienone is 2. The Balaban J connectivity index is 2.04. The fourth-order valence-electron chi connectivity index (χ4n) is 2.64. The van der Waals surface area contributed by atoms with Crippen LogP contribution in [0.4, 0.5) is 0 Å². The summed E-state index contributed by atoms with van der Waals surface area (Å²) in [6, 6.07) is -1.01. The molecule has 7 nitrogen and oxygen atoms in total. The molecule has 0 unspecified atom stereocenters. The maximum Gasteiger partial charge on any atom is 0.329 e. The third-order valence-corrected chi connectivity index (χ3v) is 3.89. The lowest BCUT2D eigenvalue weighted by molar-refractivity contribution is -0.159. The first-order valence-electron chi connectivity index (χ1n) is 6.86. The predicted octanol–water partition coefficient (Wildman–Crippen LogP) is -0.385. The molecule has 21 heavy (non-hydrogen) atoms. The van der Waals surface area contributed by atoms with Gasteiger partial charge in [0.05, 0.1) is 11.8 Å². The monoisotopic (exact) mass is 294 g/mol. The van der Waals surface area contributed by atoms with Crippen molar-refractivity contribution in [3.8, 4) is 0 Å². The molecular weight excluding hydrogens is 276 g/mol. The van der Waals surface area contributed by atoms with Gasteiger partial charge >= 0.3 is 5.97 Å². The number of imide groups is 1. The summed E-state index contributed by atoms with van der Waals surface area (Å²) < 4.78 is 4.81. The van der Waals surface area contributed by atoms with E-state index < -0.39 is 24.5 Å². The van der Waals surface area contributed by atoms with E-state index in [2.05, 4.69) is 5.32 Å². The van der Waals surface area contributed by atoms with E-state index in [1.54, 1.807) is 0 Å². The summed E-state index contributed by atoms with van der Waals surface area (Å²) in [6.45, 7) is 1.01. The number of nitrogens with one attached hydrogen (secondary N) is 1. The first kappa shape index (κ1) is 15.2. The average Bonchev–Trinajstić information content (AvgIpc) is 2.76. The number of rotatable bonds is 4. The summed E-state index contributed by atoms with van der Waals surface area (Å²) in [5.41, 5.74) is 0. The van der Waals surface area contributed by atoms with Crippen LogP contribution in [0.1, 0.15) is 19.8 Å². The van der Waals surface area contributed by atoms with Gasteiger partial charge in [-0.3, -0.25) is 19.3 Å². The Hall–Kier alpha value is -2.18. The zero-order valence-corrected chi connectivity index (χ0v) is 12.0. The lowest BCUT2D eigenvalue weighted by Gasteiger charge is -2.21. The van der Waals surface area contributed by atoms with E-state index in [9.17, 15) is 19.2 Å². The standard InChI is InChI=1S/C14H18N2O5/c1-8(14(20)21-7-11(17)15-2)16-12(18)9-5-3-4-6-10(9)13(16)19/h3-4,8-10H,5-7H2,1-2H3,(H,15,17)/t8-,9+,10+/m0/s1. The van der Waals surface area contributed by atoms with Crippen molar-refractivity contribution >= 4 is 23.7 Å². The van der Waals surface area contributed by atoms with Crippen LogP contribution in [-0.4, -0.2) is 48.3 Å². The van der Waals surface area contributed by atoms with Gasteiger partial charge in [-0.2, -0.15) is 0 Å². The van der Waals surface area contributed by atoms with Crippen LogP contribution < -0.4 is 5.32 Å². The summed E-state index contributed by atoms with van der Waals surface area (Å²) in [7, 11) is 1.42. The topological polar surface area (TPSA) is 92.8 Å². The number of hydrogen-bond acceptors (Lipinski definition) is 5. The number of carbonyl (C=O) groups is 4. The second-order valence-corrected chi connectivity index (χ2v) is 5.16. The van der Waals surface area contributed by atoms with Crippen molar-refractivity contribution in [3.05, 3.63) is 12.2 Å². The summed E-state index contributed by atoms with van der Waals surface area (Å²) in [6.07, 6.45) is 4.80. The molecule has 1 aliphatic heterocycles. The molecule has 1 N–H and O–H groups in total. The molecule has 0 aromatic rings. The molecular formula is C14H18N2O5. The minimum Gasteiger partial charge on any atom is -0.454 e. The normalized spacial score (nSPS) is 25.5. The molecule has 3 amide bonds. The molecule has 0 bridgehead atoms. The maximum absolute atomic E-state index is 12.3. The first-order valence-corrected chi connectivity index (χ1v) is 6.86. The molecule has 0 saturated carbocycles. The molecule has 0 aromatic heterocycles. The molecule has 1 heterocycles. The van der Waals surface area contributed by atoms with Gasteiger partial charge in [-0.05, 0) is 19.8 Å². The fourth-order valence-corrected chi connectivity index (χ4v) is 2.64. The molecule has 2 rings (SSSR count). The lowest BCUT2D eigenvalue weighted by atomic mass is 9.85. The zero-order valence-electron chi connectivity index (χ0n) is 12.0. The summed E-state index contributed by atoms with van der Waals surface area (Å²) >= 11 is 0. The molecule has 7 heteroatoms. The molecule has 1 saturated heterocycles. The Kier molecular flexibility index (Phi) is 4.40. The van der Waals surface area contributed by atoms with Gasteiger partial charge < -0.3 is 10.1 Å². The predicted molar refractivity (Wildman–Crippen MR) is 71.7 cm³/mol. The van der Waals surface area contributed by atoms with Gasteiger partial charge in [0.15, 0.2) is 6.61 Å². The van der Waals surface area contributed by atoms with Crippen LogP contribution in [0.15, 0.2) is 12.2 Å². The van der Waals surface area contributed by atoms with E-state index in [0.717, 1.165) is 4.90 Å².